The molecule has 0 aromatic rings. The van der Waals surface area contributed by atoms with Crippen molar-refractivity contribution in [3.63, 3.8) is 0 Å². The van der Waals surface area contributed by atoms with Gasteiger partial charge in [-0.25, -0.2) is 3.93 Å². The van der Waals surface area contributed by atoms with Crippen molar-refractivity contribution in [2.75, 3.05) is 13.1 Å². The topological polar surface area (TPSA) is 3.24 Å². The van der Waals surface area contributed by atoms with Crippen LogP contribution in [-0.2, 0) is 0 Å². The van der Waals surface area contributed by atoms with E-state index in [1.807, 2.05) is 0 Å². The third kappa shape index (κ3) is 1.92. The summed E-state index contributed by atoms with van der Waals surface area (Å²) in [7, 11) is 0. The van der Waals surface area contributed by atoms with Gasteiger partial charge in [0.25, 0.3) is 0 Å². The van der Waals surface area contributed by atoms with Crippen LogP contribution in [-0.4, -0.2) is 22.4 Å². The Labute approximate surface area is 63.3 Å². The SMILES string of the molecule is ClC1CCCN(Br)C1. The number of rotatable bonds is 0. The lowest BCUT2D eigenvalue weighted by molar-refractivity contribution is 0.397. The summed E-state index contributed by atoms with van der Waals surface area (Å²) in [5, 5.41) is 0.364. The van der Waals surface area contributed by atoms with E-state index in [1.54, 1.807) is 0 Å². The second-order valence-corrected chi connectivity index (χ2v) is 3.73. The standard InChI is InChI=1S/C5H9BrClN/c6-8-3-1-2-5(7)4-8/h5H,1-4H2. The van der Waals surface area contributed by atoms with Crippen molar-refractivity contribution in [1.82, 2.24) is 3.93 Å². The molecule has 1 unspecified atom stereocenters. The lowest BCUT2D eigenvalue weighted by Gasteiger charge is -2.23. The molecule has 0 spiro atoms. The van der Waals surface area contributed by atoms with Gasteiger partial charge in [-0.3, -0.25) is 0 Å². The Kier molecular flexibility index (Phi) is 2.60. The number of hydrogen-bond donors (Lipinski definition) is 0. The molecule has 1 aliphatic rings. The summed E-state index contributed by atoms with van der Waals surface area (Å²) >= 11 is 9.22. The molecular weight excluding hydrogens is 189 g/mol. The molecule has 8 heavy (non-hydrogen) atoms. The molecule has 0 aromatic carbocycles. The van der Waals surface area contributed by atoms with Crippen LogP contribution < -0.4 is 0 Å². The van der Waals surface area contributed by atoms with Crippen LogP contribution in [0.4, 0.5) is 0 Å². The maximum absolute atomic E-state index is 5.84. The lowest BCUT2D eigenvalue weighted by atomic mass is 10.2. The largest absolute Gasteiger partial charge is 0.241 e. The van der Waals surface area contributed by atoms with E-state index in [0.717, 1.165) is 13.1 Å². The minimum absolute atomic E-state index is 0.364. The summed E-state index contributed by atoms with van der Waals surface area (Å²) in [4.78, 5) is 0. The lowest BCUT2D eigenvalue weighted by Crippen LogP contribution is -2.27. The first-order valence-corrected chi connectivity index (χ1v) is 3.98. The molecule has 1 heterocycles. The number of hydrogen-bond acceptors (Lipinski definition) is 1. The van der Waals surface area contributed by atoms with Gasteiger partial charge in [0.15, 0.2) is 0 Å². The van der Waals surface area contributed by atoms with Gasteiger partial charge in [-0.15, -0.1) is 11.6 Å². The van der Waals surface area contributed by atoms with Crippen LogP contribution in [0.3, 0.4) is 0 Å². The predicted molar refractivity (Wildman–Crippen MR) is 39.4 cm³/mol. The molecule has 1 saturated heterocycles. The third-order valence-corrected chi connectivity index (χ3v) is 2.31. The highest BCUT2D eigenvalue weighted by Crippen LogP contribution is 2.16. The fraction of sp³-hybridized carbons (Fsp3) is 1.00. The quantitative estimate of drug-likeness (QED) is 0.425. The molecule has 0 bridgehead atoms. The highest BCUT2D eigenvalue weighted by molar-refractivity contribution is 9.07. The molecule has 1 aliphatic heterocycles. The molecule has 0 N–H and O–H groups in total. The summed E-state index contributed by atoms with van der Waals surface area (Å²) < 4.78 is 2.09. The number of alkyl halides is 1. The van der Waals surface area contributed by atoms with E-state index in [0.29, 0.717) is 5.38 Å². The van der Waals surface area contributed by atoms with Gasteiger partial charge in [-0.2, -0.15) is 0 Å². The first kappa shape index (κ1) is 6.84. The molecule has 48 valence electrons. The van der Waals surface area contributed by atoms with Crippen molar-refractivity contribution < 1.29 is 0 Å². The van der Waals surface area contributed by atoms with Gasteiger partial charge in [0, 0.05) is 34.6 Å². The average molecular weight is 198 g/mol. The van der Waals surface area contributed by atoms with E-state index in [2.05, 4.69) is 20.1 Å². The van der Waals surface area contributed by atoms with Gasteiger partial charge in [0.2, 0.25) is 0 Å². The second-order valence-electron chi connectivity index (χ2n) is 2.11. The van der Waals surface area contributed by atoms with Gasteiger partial charge < -0.3 is 0 Å². The Morgan fingerprint density at radius 1 is 1.62 bits per heavy atom. The normalized spacial score (nSPS) is 33.0. The van der Waals surface area contributed by atoms with Crippen LogP contribution in [0.15, 0.2) is 0 Å². The summed E-state index contributed by atoms with van der Waals surface area (Å²) in [6.45, 7) is 2.13. The van der Waals surface area contributed by atoms with Crippen LogP contribution >= 0.6 is 27.7 Å². The van der Waals surface area contributed by atoms with Gasteiger partial charge in [0.1, 0.15) is 0 Å². The molecular formula is C5H9BrClN. The van der Waals surface area contributed by atoms with Crippen molar-refractivity contribution in [3.8, 4) is 0 Å². The van der Waals surface area contributed by atoms with Gasteiger partial charge in [-0.1, -0.05) is 0 Å². The van der Waals surface area contributed by atoms with E-state index in [1.165, 1.54) is 12.8 Å². The molecule has 1 nitrogen and oxygen atoms in total. The minimum Gasteiger partial charge on any atom is -0.241 e. The fourth-order valence-electron chi connectivity index (χ4n) is 0.882. The Morgan fingerprint density at radius 3 is 2.75 bits per heavy atom. The number of halogens is 2. The van der Waals surface area contributed by atoms with Crippen molar-refractivity contribution in [2.24, 2.45) is 0 Å². The van der Waals surface area contributed by atoms with Gasteiger partial charge in [-0.05, 0) is 12.8 Å². The molecule has 3 heteroatoms. The third-order valence-electron chi connectivity index (χ3n) is 1.31. The predicted octanol–water partition coefficient (Wildman–Crippen LogP) is 2.00. The van der Waals surface area contributed by atoms with Crippen molar-refractivity contribution in [3.05, 3.63) is 0 Å². The van der Waals surface area contributed by atoms with Crippen molar-refractivity contribution in [2.45, 2.75) is 18.2 Å². The highest BCUT2D eigenvalue weighted by Gasteiger charge is 2.14. The Hall–Kier alpha value is 0.730. The molecule has 0 amide bonds. The van der Waals surface area contributed by atoms with Crippen LogP contribution in [0.2, 0.25) is 0 Å². The molecule has 1 fully saturated rings. The van der Waals surface area contributed by atoms with Crippen LogP contribution in [0.5, 0.6) is 0 Å². The Balaban J connectivity index is 2.23. The van der Waals surface area contributed by atoms with Crippen molar-refractivity contribution >= 4 is 27.7 Å². The zero-order chi connectivity index (χ0) is 5.98. The first-order valence-electron chi connectivity index (χ1n) is 2.84. The van der Waals surface area contributed by atoms with Crippen LogP contribution in [0, 0.1) is 0 Å². The average Bonchev–Trinajstić information content (AvgIpc) is 1.64. The van der Waals surface area contributed by atoms with E-state index >= 15 is 0 Å². The first-order chi connectivity index (χ1) is 3.79. The van der Waals surface area contributed by atoms with E-state index < -0.39 is 0 Å². The Bertz CT molecular complexity index is 70.8. The smallest absolute Gasteiger partial charge is 0.0472 e. The maximum Gasteiger partial charge on any atom is 0.0472 e. The van der Waals surface area contributed by atoms with Crippen LogP contribution in [0.25, 0.3) is 0 Å². The maximum atomic E-state index is 5.84. The zero-order valence-corrected chi connectivity index (χ0v) is 6.95. The number of piperidine rings is 1. The molecule has 0 saturated carbocycles. The zero-order valence-electron chi connectivity index (χ0n) is 4.61. The van der Waals surface area contributed by atoms with Crippen molar-refractivity contribution in [1.29, 1.82) is 0 Å². The van der Waals surface area contributed by atoms with E-state index in [-0.39, 0.29) is 0 Å². The minimum atomic E-state index is 0.364. The van der Waals surface area contributed by atoms with E-state index in [9.17, 15) is 0 Å². The molecule has 1 atom stereocenters. The Morgan fingerprint density at radius 2 is 2.38 bits per heavy atom. The van der Waals surface area contributed by atoms with Gasteiger partial charge >= 0.3 is 0 Å². The summed E-state index contributed by atoms with van der Waals surface area (Å²) in [6, 6.07) is 0. The monoisotopic (exact) mass is 197 g/mol. The summed E-state index contributed by atoms with van der Waals surface area (Å²) in [5.74, 6) is 0. The molecule has 0 aliphatic carbocycles. The number of nitrogens with zero attached hydrogens (tertiary/aromatic N) is 1. The second kappa shape index (κ2) is 3.04. The molecule has 1 rings (SSSR count). The molecule has 0 radical (unpaired) electrons. The fourth-order valence-corrected chi connectivity index (χ4v) is 1.97. The van der Waals surface area contributed by atoms with Gasteiger partial charge in [0.05, 0.1) is 0 Å². The highest BCUT2D eigenvalue weighted by atomic mass is 79.9. The summed E-state index contributed by atoms with van der Waals surface area (Å²) in [6.07, 6.45) is 2.39. The van der Waals surface area contributed by atoms with E-state index in [4.69, 9.17) is 11.6 Å². The van der Waals surface area contributed by atoms with Crippen LogP contribution in [0.1, 0.15) is 12.8 Å². The summed E-state index contributed by atoms with van der Waals surface area (Å²) in [5.41, 5.74) is 0. The molecule has 0 aromatic heterocycles.